The van der Waals surface area contributed by atoms with Crippen LogP contribution in [0.25, 0.3) is 28.1 Å². The average Bonchev–Trinajstić information content (AvgIpc) is 3.33. The number of pyridine rings is 1. The lowest BCUT2D eigenvalue weighted by Crippen LogP contribution is -2.21. The third-order valence-corrected chi connectivity index (χ3v) is 5.74. The fourth-order valence-electron chi connectivity index (χ4n) is 3.88. The van der Waals surface area contributed by atoms with Gasteiger partial charge in [-0.3, -0.25) is 4.79 Å². The molecule has 2 aromatic carbocycles. The Bertz CT molecular complexity index is 1540. The van der Waals surface area contributed by atoms with Crippen molar-refractivity contribution < 1.29 is 14.2 Å². The molecule has 0 aliphatic rings. The van der Waals surface area contributed by atoms with Crippen LogP contribution in [0.2, 0.25) is 0 Å². The second-order valence-electron chi connectivity index (χ2n) is 7.69. The number of fused-ring (bicyclic) bond motifs is 3. The summed E-state index contributed by atoms with van der Waals surface area (Å²) in [4.78, 5) is 22.1. The molecule has 0 atom stereocenters. The van der Waals surface area contributed by atoms with Gasteiger partial charge in [-0.25, -0.2) is 4.98 Å². The zero-order chi connectivity index (χ0) is 23.7. The molecule has 0 aliphatic heterocycles. The van der Waals surface area contributed by atoms with E-state index in [9.17, 15) is 4.79 Å². The van der Waals surface area contributed by atoms with Gasteiger partial charge in [0.15, 0.2) is 17.3 Å². The van der Waals surface area contributed by atoms with Crippen molar-refractivity contribution in [2.45, 2.75) is 13.0 Å². The monoisotopic (exact) mass is 457 g/mol. The van der Waals surface area contributed by atoms with Gasteiger partial charge in [-0.05, 0) is 54.4 Å². The normalized spacial score (nSPS) is 11.1. The number of hydrogen-bond donors (Lipinski definition) is 0. The molecule has 0 amide bonds. The SMILES string of the molecule is COc1ccc(-c2nc3ncc4c(=O)n(CCc5ccc(OC)c(OC)c5)ccc4n3n2)cc1. The highest BCUT2D eigenvalue weighted by molar-refractivity contribution is 5.79. The molecular formula is C25H23N5O4. The number of nitrogens with zero attached hydrogens (tertiary/aromatic N) is 5. The summed E-state index contributed by atoms with van der Waals surface area (Å²) < 4.78 is 19.2. The van der Waals surface area contributed by atoms with Crippen LogP contribution < -0.4 is 19.8 Å². The van der Waals surface area contributed by atoms with Crippen molar-refractivity contribution in [1.82, 2.24) is 24.1 Å². The number of rotatable bonds is 7. The van der Waals surface area contributed by atoms with Gasteiger partial charge in [0.05, 0.1) is 32.2 Å². The van der Waals surface area contributed by atoms with Crippen LogP contribution in [0, 0.1) is 0 Å². The van der Waals surface area contributed by atoms with Crippen LogP contribution in [0.3, 0.4) is 0 Å². The predicted octanol–water partition coefficient (Wildman–Crippen LogP) is 3.37. The molecule has 3 aromatic heterocycles. The smallest absolute Gasteiger partial charge is 0.261 e. The van der Waals surface area contributed by atoms with E-state index in [2.05, 4.69) is 15.1 Å². The van der Waals surface area contributed by atoms with E-state index in [1.807, 2.05) is 48.5 Å². The molecule has 0 fully saturated rings. The number of hydrogen-bond acceptors (Lipinski definition) is 7. The molecule has 0 unspecified atom stereocenters. The van der Waals surface area contributed by atoms with Gasteiger partial charge in [-0.1, -0.05) is 6.07 Å². The number of ether oxygens (including phenoxy) is 3. The second kappa shape index (κ2) is 8.86. The van der Waals surface area contributed by atoms with E-state index in [-0.39, 0.29) is 5.56 Å². The second-order valence-corrected chi connectivity index (χ2v) is 7.69. The lowest BCUT2D eigenvalue weighted by molar-refractivity contribution is 0.354. The van der Waals surface area contributed by atoms with Gasteiger partial charge in [-0.2, -0.15) is 9.50 Å². The van der Waals surface area contributed by atoms with Crippen LogP contribution >= 0.6 is 0 Å². The van der Waals surface area contributed by atoms with Crippen LogP contribution in [0.15, 0.2) is 65.7 Å². The van der Waals surface area contributed by atoms with E-state index in [0.717, 1.165) is 16.9 Å². The summed E-state index contributed by atoms with van der Waals surface area (Å²) in [5, 5.41) is 5.07. The number of aromatic nitrogens is 5. The summed E-state index contributed by atoms with van der Waals surface area (Å²) in [5.41, 5.74) is 2.40. The zero-order valence-corrected chi connectivity index (χ0v) is 19.1. The first kappa shape index (κ1) is 21.4. The largest absolute Gasteiger partial charge is 0.497 e. The highest BCUT2D eigenvalue weighted by atomic mass is 16.5. The van der Waals surface area contributed by atoms with E-state index in [1.165, 1.54) is 0 Å². The fraction of sp³-hybridized carbons (Fsp3) is 0.200. The van der Waals surface area contributed by atoms with Gasteiger partial charge < -0.3 is 18.8 Å². The van der Waals surface area contributed by atoms with Crippen LogP contribution in [-0.4, -0.2) is 45.5 Å². The van der Waals surface area contributed by atoms with Crippen LogP contribution in [0.4, 0.5) is 0 Å². The molecule has 34 heavy (non-hydrogen) atoms. The van der Waals surface area contributed by atoms with Gasteiger partial charge >= 0.3 is 0 Å². The molecule has 9 nitrogen and oxygen atoms in total. The van der Waals surface area contributed by atoms with Crippen molar-refractivity contribution >= 4 is 16.7 Å². The summed E-state index contributed by atoms with van der Waals surface area (Å²) in [5.74, 6) is 3.05. The summed E-state index contributed by atoms with van der Waals surface area (Å²) in [6.45, 7) is 0.511. The lowest BCUT2D eigenvalue weighted by atomic mass is 10.1. The third kappa shape index (κ3) is 3.81. The Hall–Kier alpha value is -4.40. The molecule has 0 saturated carbocycles. The maximum absolute atomic E-state index is 13.2. The van der Waals surface area contributed by atoms with Crippen molar-refractivity contribution in [2.75, 3.05) is 21.3 Å². The average molecular weight is 457 g/mol. The Morgan fingerprint density at radius 2 is 1.71 bits per heavy atom. The summed E-state index contributed by atoms with van der Waals surface area (Å²) in [6, 6.07) is 15.1. The van der Waals surface area contributed by atoms with E-state index in [1.54, 1.807) is 42.8 Å². The summed E-state index contributed by atoms with van der Waals surface area (Å²) in [7, 11) is 4.83. The number of methoxy groups -OCH3 is 3. The van der Waals surface area contributed by atoms with Crippen molar-refractivity contribution in [3.8, 4) is 28.6 Å². The molecule has 0 spiro atoms. The van der Waals surface area contributed by atoms with Gasteiger partial charge in [0, 0.05) is 24.5 Å². The van der Waals surface area contributed by atoms with Crippen molar-refractivity contribution in [1.29, 1.82) is 0 Å². The molecule has 0 bridgehead atoms. The minimum Gasteiger partial charge on any atom is -0.497 e. The summed E-state index contributed by atoms with van der Waals surface area (Å²) in [6.07, 6.45) is 4.00. The lowest BCUT2D eigenvalue weighted by Gasteiger charge is -2.11. The Kier molecular flexibility index (Phi) is 5.59. The molecule has 0 radical (unpaired) electrons. The molecule has 9 heteroatoms. The third-order valence-electron chi connectivity index (χ3n) is 5.74. The van der Waals surface area contributed by atoms with Gasteiger partial charge in [-0.15, -0.1) is 5.10 Å². The molecule has 0 saturated heterocycles. The van der Waals surface area contributed by atoms with Crippen molar-refractivity contribution in [2.24, 2.45) is 0 Å². The van der Waals surface area contributed by atoms with Crippen molar-refractivity contribution in [3.63, 3.8) is 0 Å². The van der Waals surface area contributed by atoms with Crippen LogP contribution in [0.5, 0.6) is 17.2 Å². The first-order chi connectivity index (χ1) is 16.6. The highest BCUT2D eigenvalue weighted by Crippen LogP contribution is 2.28. The Labute approximate surface area is 195 Å². The Morgan fingerprint density at radius 1 is 0.912 bits per heavy atom. The molecular weight excluding hydrogens is 434 g/mol. The molecule has 3 heterocycles. The summed E-state index contributed by atoms with van der Waals surface area (Å²) >= 11 is 0. The van der Waals surface area contributed by atoms with Gasteiger partial charge in [0.1, 0.15) is 5.75 Å². The molecule has 5 aromatic rings. The van der Waals surface area contributed by atoms with Crippen LogP contribution in [-0.2, 0) is 13.0 Å². The first-order valence-electron chi connectivity index (χ1n) is 10.7. The molecule has 0 N–H and O–H groups in total. The number of aryl methyl sites for hydroxylation is 2. The maximum Gasteiger partial charge on any atom is 0.261 e. The molecule has 172 valence electrons. The van der Waals surface area contributed by atoms with Crippen molar-refractivity contribution in [3.05, 3.63) is 76.8 Å². The zero-order valence-electron chi connectivity index (χ0n) is 19.1. The van der Waals surface area contributed by atoms with Gasteiger partial charge in [0.2, 0.25) is 0 Å². The fourth-order valence-corrected chi connectivity index (χ4v) is 3.88. The topological polar surface area (TPSA) is 92.8 Å². The van der Waals surface area contributed by atoms with E-state index in [4.69, 9.17) is 14.2 Å². The van der Waals surface area contributed by atoms with Crippen LogP contribution in [0.1, 0.15) is 5.56 Å². The minimum atomic E-state index is -0.131. The van der Waals surface area contributed by atoms with E-state index >= 15 is 0 Å². The standard InChI is InChI=1S/C25H23N5O4/c1-32-18-7-5-17(6-8-18)23-27-25-26-15-19-20(30(25)28-23)11-13-29(24(19)31)12-10-16-4-9-21(33-2)22(14-16)34-3/h4-9,11,13-15H,10,12H2,1-3H3. The Morgan fingerprint density at radius 3 is 2.44 bits per heavy atom. The predicted molar refractivity (Wildman–Crippen MR) is 128 cm³/mol. The van der Waals surface area contributed by atoms with Gasteiger partial charge in [0.25, 0.3) is 11.3 Å². The quantitative estimate of drug-likeness (QED) is 0.370. The minimum absolute atomic E-state index is 0.131. The molecule has 5 rings (SSSR count). The number of benzene rings is 2. The maximum atomic E-state index is 13.2. The van der Waals surface area contributed by atoms with E-state index < -0.39 is 0 Å². The molecule has 0 aliphatic carbocycles. The Balaban J connectivity index is 1.46. The first-order valence-corrected chi connectivity index (χ1v) is 10.7. The van der Waals surface area contributed by atoms with E-state index in [0.29, 0.717) is 47.0 Å². The highest BCUT2D eigenvalue weighted by Gasteiger charge is 2.13.